The van der Waals surface area contributed by atoms with E-state index in [1.54, 1.807) is 11.3 Å². The molecule has 1 N–H and O–H groups in total. The number of ether oxygens (including phenoxy) is 1. The summed E-state index contributed by atoms with van der Waals surface area (Å²) < 4.78 is 5.06. The van der Waals surface area contributed by atoms with Crippen molar-refractivity contribution in [1.29, 1.82) is 0 Å². The Kier molecular flexibility index (Phi) is 5.08. The average molecular weight is 256 g/mol. The van der Waals surface area contributed by atoms with Crippen LogP contribution in [0, 0.1) is 13.8 Å². The van der Waals surface area contributed by atoms with E-state index in [0.717, 1.165) is 10.7 Å². The molecule has 1 aromatic rings. The topological polar surface area (TPSA) is 51.2 Å². The maximum Gasteiger partial charge on any atom is 0.320 e. The Bertz CT molecular complexity index is 388. The lowest BCUT2D eigenvalue weighted by Gasteiger charge is -2.13. The number of thiazole rings is 1. The summed E-state index contributed by atoms with van der Waals surface area (Å²) in [6.45, 7) is 9.93. The van der Waals surface area contributed by atoms with Gasteiger partial charge in [-0.05, 0) is 34.6 Å². The second kappa shape index (κ2) is 6.12. The Balaban J connectivity index is 2.47. The van der Waals surface area contributed by atoms with Gasteiger partial charge in [-0.15, -0.1) is 11.3 Å². The lowest BCUT2D eigenvalue weighted by molar-refractivity contribution is -0.146. The first-order valence-electron chi connectivity index (χ1n) is 5.77. The van der Waals surface area contributed by atoms with E-state index >= 15 is 0 Å². The molecule has 1 aromatic heterocycles. The summed E-state index contributed by atoms with van der Waals surface area (Å²) in [5.41, 5.74) is 1.03. The molecule has 0 saturated heterocycles. The molecule has 0 amide bonds. The molecule has 0 aliphatic carbocycles. The molecule has 1 heterocycles. The van der Waals surface area contributed by atoms with Gasteiger partial charge < -0.3 is 4.74 Å². The Morgan fingerprint density at radius 3 is 2.53 bits per heavy atom. The van der Waals surface area contributed by atoms with E-state index in [2.05, 4.69) is 10.3 Å². The molecule has 1 rings (SSSR count). The Morgan fingerprint density at radius 1 is 1.41 bits per heavy atom. The van der Waals surface area contributed by atoms with E-state index in [1.165, 1.54) is 4.88 Å². The number of carbonyl (C=O) groups is 1. The molecule has 0 aromatic carbocycles. The molecular weight excluding hydrogens is 236 g/mol. The molecule has 96 valence electrons. The summed E-state index contributed by atoms with van der Waals surface area (Å²) in [5.74, 6) is -0.217. The molecule has 0 bridgehead atoms. The highest BCUT2D eigenvalue weighted by atomic mass is 32.1. The van der Waals surface area contributed by atoms with Crippen molar-refractivity contribution < 1.29 is 9.53 Å². The number of hydrogen-bond donors (Lipinski definition) is 1. The highest BCUT2D eigenvalue weighted by molar-refractivity contribution is 7.11. The van der Waals surface area contributed by atoms with Gasteiger partial charge in [0.1, 0.15) is 0 Å². The second-order valence-electron chi connectivity index (χ2n) is 4.32. The molecule has 4 nitrogen and oxygen atoms in total. The van der Waals surface area contributed by atoms with Crippen LogP contribution in [0.4, 0.5) is 0 Å². The Morgan fingerprint density at radius 2 is 2.06 bits per heavy atom. The predicted octanol–water partition coefficient (Wildman–Crippen LogP) is 2.36. The van der Waals surface area contributed by atoms with Crippen LogP contribution in [0.5, 0.6) is 0 Å². The van der Waals surface area contributed by atoms with Crippen LogP contribution in [-0.4, -0.2) is 23.6 Å². The second-order valence-corrected chi connectivity index (χ2v) is 5.56. The number of nitrogens with one attached hydrogen (secondary N) is 1. The Hall–Kier alpha value is -0.940. The van der Waals surface area contributed by atoms with Crippen molar-refractivity contribution in [2.75, 3.05) is 6.54 Å². The van der Waals surface area contributed by atoms with Gasteiger partial charge in [0.2, 0.25) is 0 Å². The summed E-state index contributed by atoms with van der Waals surface area (Å²) >= 11 is 1.66. The van der Waals surface area contributed by atoms with Crippen LogP contribution in [0.2, 0.25) is 0 Å². The van der Waals surface area contributed by atoms with Crippen LogP contribution in [0.1, 0.15) is 42.4 Å². The van der Waals surface area contributed by atoms with Gasteiger partial charge in [0.15, 0.2) is 0 Å². The van der Waals surface area contributed by atoms with Crippen molar-refractivity contribution in [1.82, 2.24) is 10.3 Å². The largest absolute Gasteiger partial charge is 0.462 e. The van der Waals surface area contributed by atoms with Gasteiger partial charge in [0.25, 0.3) is 0 Å². The number of rotatable bonds is 5. The molecule has 5 heteroatoms. The molecule has 0 aliphatic heterocycles. The summed E-state index contributed by atoms with van der Waals surface area (Å²) in [6.07, 6.45) is -0.0630. The van der Waals surface area contributed by atoms with E-state index in [9.17, 15) is 4.79 Å². The minimum Gasteiger partial charge on any atom is -0.462 e. The van der Waals surface area contributed by atoms with Gasteiger partial charge in [0.05, 0.1) is 23.4 Å². The SMILES string of the molecule is Cc1nc(C)c(C(C)NCC(=O)OC(C)C)s1. The number of aromatic nitrogens is 1. The lowest BCUT2D eigenvalue weighted by Crippen LogP contribution is -2.28. The number of nitrogens with zero attached hydrogens (tertiary/aromatic N) is 1. The van der Waals surface area contributed by atoms with Crippen LogP contribution >= 0.6 is 11.3 Å². The summed E-state index contributed by atoms with van der Waals surface area (Å²) in [5, 5.41) is 4.21. The Labute approximate surface area is 106 Å². The van der Waals surface area contributed by atoms with Crippen LogP contribution in [0.25, 0.3) is 0 Å². The molecule has 17 heavy (non-hydrogen) atoms. The summed E-state index contributed by atoms with van der Waals surface area (Å²) in [4.78, 5) is 16.9. The lowest BCUT2D eigenvalue weighted by atomic mass is 10.2. The normalized spacial score (nSPS) is 12.8. The third kappa shape index (κ3) is 4.44. The van der Waals surface area contributed by atoms with Gasteiger partial charge >= 0.3 is 5.97 Å². The molecule has 0 aliphatic rings. The zero-order valence-corrected chi connectivity index (χ0v) is 11.9. The highest BCUT2D eigenvalue weighted by Gasteiger charge is 2.14. The van der Waals surface area contributed by atoms with E-state index in [-0.39, 0.29) is 24.7 Å². The number of carbonyl (C=O) groups excluding carboxylic acids is 1. The van der Waals surface area contributed by atoms with Crippen LogP contribution in [0.15, 0.2) is 0 Å². The van der Waals surface area contributed by atoms with Gasteiger partial charge in [-0.2, -0.15) is 0 Å². The fourth-order valence-electron chi connectivity index (χ4n) is 1.58. The molecule has 1 atom stereocenters. The maximum absolute atomic E-state index is 11.4. The molecule has 0 spiro atoms. The molecule has 0 fully saturated rings. The van der Waals surface area contributed by atoms with E-state index in [1.807, 2.05) is 34.6 Å². The van der Waals surface area contributed by atoms with Crippen molar-refractivity contribution in [3.05, 3.63) is 15.6 Å². The summed E-state index contributed by atoms with van der Waals surface area (Å²) in [6, 6.07) is 0.126. The molecule has 0 saturated carbocycles. The van der Waals surface area contributed by atoms with Crippen molar-refractivity contribution in [2.45, 2.75) is 46.8 Å². The first kappa shape index (κ1) is 14.1. The molecule has 1 unspecified atom stereocenters. The fraction of sp³-hybridized carbons (Fsp3) is 0.667. The first-order valence-corrected chi connectivity index (χ1v) is 6.58. The van der Waals surface area contributed by atoms with Crippen molar-refractivity contribution >= 4 is 17.3 Å². The molecule has 0 radical (unpaired) electrons. The van der Waals surface area contributed by atoms with Crippen molar-refractivity contribution in [3.63, 3.8) is 0 Å². The summed E-state index contributed by atoms with van der Waals surface area (Å²) in [7, 11) is 0. The number of esters is 1. The van der Waals surface area contributed by atoms with Crippen LogP contribution in [-0.2, 0) is 9.53 Å². The van der Waals surface area contributed by atoms with Gasteiger partial charge in [-0.1, -0.05) is 0 Å². The maximum atomic E-state index is 11.4. The fourth-order valence-corrected chi connectivity index (χ4v) is 2.54. The van der Waals surface area contributed by atoms with Crippen LogP contribution in [0.3, 0.4) is 0 Å². The van der Waals surface area contributed by atoms with Gasteiger partial charge in [-0.3, -0.25) is 10.1 Å². The molecular formula is C12H20N2O2S. The minimum atomic E-state index is -0.217. The van der Waals surface area contributed by atoms with Crippen LogP contribution < -0.4 is 5.32 Å². The van der Waals surface area contributed by atoms with E-state index in [4.69, 9.17) is 4.74 Å². The average Bonchev–Trinajstić information content (AvgIpc) is 2.53. The third-order valence-electron chi connectivity index (χ3n) is 2.25. The monoisotopic (exact) mass is 256 g/mol. The zero-order valence-electron chi connectivity index (χ0n) is 11.0. The van der Waals surface area contributed by atoms with Gasteiger partial charge in [-0.25, -0.2) is 4.98 Å². The van der Waals surface area contributed by atoms with Crippen molar-refractivity contribution in [2.24, 2.45) is 0 Å². The highest BCUT2D eigenvalue weighted by Crippen LogP contribution is 2.24. The number of aryl methyl sites for hydroxylation is 2. The first-order chi connectivity index (χ1) is 7.90. The van der Waals surface area contributed by atoms with E-state index < -0.39 is 0 Å². The quantitative estimate of drug-likeness (QED) is 0.822. The zero-order chi connectivity index (χ0) is 13.0. The number of hydrogen-bond acceptors (Lipinski definition) is 5. The minimum absolute atomic E-state index is 0.0630. The van der Waals surface area contributed by atoms with Crippen molar-refractivity contribution in [3.8, 4) is 0 Å². The predicted molar refractivity (Wildman–Crippen MR) is 69.2 cm³/mol. The van der Waals surface area contributed by atoms with Gasteiger partial charge in [0, 0.05) is 10.9 Å². The third-order valence-corrected chi connectivity index (χ3v) is 3.51. The van der Waals surface area contributed by atoms with E-state index in [0.29, 0.717) is 0 Å². The standard InChI is InChI=1S/C12H20N2O2S/c1-7(2)16-11(15)6-13-8(3)12-9(4)14-10(5)17-12/h7-8,13H,6H2,1-5H3. The smallest absolute Gasteiger partial charge is 0.320 e.